The molecular formula is C15H21N5O4S. The molecule has 0 aliphatic rings. The number of hydrogen-bond donors (Lipinski definition) is 3. The Labute approximate surface area is 146 Å². The predicted octanol–water partition coefficient (Wildman–Crippen LogP) is 0.576. The lowest BCUT2D eigenvalue weighted by molar-refractivity contribution is -0.116. The van der Waals surface area contributed by atoms with Gasteiger partial charge in [0.25, 0.3) is 0 Å². The van der Waals surface area contributed by atoms with Gasteiger partial charge in [0.2, 0.25) is 21.8 Å². The molecule has 0 unspecified atom stereocenters. The van der Waals surface area contributed by atoms with Crippen molar-refractivity contribution in [3.63, 3.8) is 0 Å². The molecule has 2 rings (SSSR count). The van der Waals surface area contributed by atoms with Crippen molar-refractivity contribution in [3.05, 3.63) is 36.0 Å². The van der Waals surface area contributed by atoms with Gasteiger partial charge in [-0.15, -0.1) is 0 Å². The molecule has 0 saturated heterocycles. The fourth-order valence-electron chi connectivity index (χ4n) is 2.08. The van der Waals surface area contributed by atoms with Crippen LogP contribution in [0.4, 0.5) is 5.69 Å². The summed E-state index contributed by atoms with van der Waals surface area (Å²) in [6.45, 7) is 2.08. The highest BCUT2D eigenvalue weighted by molar-refractivity contribution is 7.89. The number of carbonyl (C=O) groups is 1. The van der Waals surface area contributed by atoms with Crippen LogP contribution in [0.3, 0.4) is 0 Å². The molecule has 0 fully saturated rings. The molecule has 0 spiro atoms. The average Bonchev–Trinajstić information content (AvgIpc) is 2.98. The first-order valence-corrected chi connectivity index (χ1v) is 9.28. The summed E-state index contributed by atoms with van der Waals surface area (Å²) in [5.74, 6) is 0.825. The van der Waals surface area contributed by atoms with Gasteiger partial charge in [0.15, 0.2) is 5.82 Å². The Morgan fingerprint density at radius 3 is 2.84 bits per heavy atom. The molecule has 0 atom stereocenters. The molecule has 25 heavy (non-hydrogen) atoms. The van der Waals surface area contributed by atoms with E-state index in [1.807, 2.05) is 0 Å². The number of rotatable bonds is 9. The number of nitrogens with one attached hydrogen (secondary N) is 2. The minimum atomic E-state index is -3.64. The molecule has 1 amide bonds. The standard InChI is InChI=1S/C15H21N5O4S/c1-11-18-15(24-20-11)7-3-6-14(21)19-12-4-2-5-13(10-12)25(22,23)17-9-8-16/h2,4-5,10,17H,3,6-9,16H2,1H3,(H,19,21). The normalized spacial score (nSPS) is 11.4. The van der Waals surface area contributed by atoms with Crippen molar-refractivity contribution in [2.45, 2.75) is 31.1 Å². The summed E-state index contributed by atoms with van der Waals surface area (Å²) in [5, 5.41) is 6.36. The number of sulfonamides is 1. The maximum absolute atomic E-state index is 12.1. The lowest BCUT2D eigenvalue weighted by Gasteiger charge is -2.09. The first-order valence-electron chi connectivity index (χ1n) is 7.79. The summed E-state index contributed by atoms with van der Waals surface area (Å²) in [5.41, 5.74) is 5.71. The highest BCUT2D eigenvalue weighted by Gasteiger charge is 2.14. The second kappa shape index (κ2) is 8.70. The fraction of sp³-hybridized carbons (Fsp3) is 0.400. The maximum Gasteiger partial charge on any atom is 0.240 e. The van der Waals surface area contributed by atoms with Crippen molar-refractivity contribution in [1.82, 2.24) is 14.9 Å². The first-order chi connectivity index (χ1) is 11.9. The number of aryl methyl sites for hydroxylation is 2. The van der Waals surface area contributed by atoms with Crippen LogP contribution in [-0.4, -0.2) is 37.6 Å². The maximum atomic E-state index is 12.1. The molecule has 0 saturated carbocycles. The quantitative estimate of drug-likeness (QED) is 0.588. The second-order valence-electron chi connectivity index (χ2n) is 5.35. The minimum absolute atomic E-state index is 0.0695. The van der Waals surface area contributed by atoms with Crippen LogP contribution < -0.4 is 15.8 Å². The van der Waals surface area contributed by atoms with E-state index in [0.717, 1.165) is 0 Å². The SMILES string of the molecule is Cc1noc(CCCC(=O)Nc2cccc(S(=O)(=O)NCCN)c2)n1. The Morgan fingerprint density at radius 1 is 1.36 bits per heavy atom. The molecule has 0 aliphatic heterocycles. The van der Waals surface area contributed by atoms with Crippen LogP contribution in [0.2, 0.25) is 0 Å². The van der Waals surface area contributed by atoms with Crippen molar-refractivity contribution < 1.29 is 17.7 Å². The van der Waals surface area contributed by atoms with Crippen LogP contribution in [0.15, 0.2) is 33.7 Å². The molecule has 9 nitrogen and oxygen atoms in total. The summed E-state index contributed by atoms with van der Waals surface area (Å²) < 4.78 is 31.5. The molecule has 0 radical (unpaired) electrons. The summed E-state index contributed by atoms with van der Waals surface area (Å²) in [4.78, 5) is 16.1. The number of hydrogen-bond acceptors (Lipinski definition) is 7. The number of nitrogens with two attached hydrogens (primary N) is 1. The molecule has 1 heterocycles. The van der Waals surface area contributed by atoms with E-state index < -0.39 is 10.0 Å². The lowest BCUT2D eigenvalue weighted by Crippen LogP contribution is -2.29. The summed E-state index contributed by atoms with van der Waals surface area (Å²) in [7, 11) is -3.64. The van der Waals surface area contributed by atoms with Crippen LogP contribution in [-0.2, 0) is 21.2 Å². The topological polar surface area (TPSA) is 140 Å². The molecular weight excluding hydrogens is 346 g/mol. The predicted molar refractivity (Wildman–Crippen MR) is 91.3 cm³/mol. The fourth-order valence-corrected chi connectivity index (χ4v) is 3.18. The van der Waals surface area contributed by atoms with Crippen molar-refractivity contribution in [3.8, 4) is 0 Å². The van der Waals surface area contributed by atoms with Crippen LogP contribution >= 0.6 is 0 Å². The Kier molecular flexibility index (Phi) is 6.62. The van der Waals surface area contributed by atoms with Gasteiger partial charge >= 0.3 is 0 Å². The Balaban J connectivity index is 1.89. The molecule has 136 valence electrons. The number of carbonyl (C=O) groups excluding carboxylic acids is 1. The number of anilines is 1. The van der Waals surface area contributed by atoms with Crippen molar-refractivity contribution in [2.75, 3.05) is 18.4 Å². The van der Waals surface area contributed by atoms with E-state index in [9.17, 15) is 13.2 Å². The van der Waals surface area contributed by atoms with Gasteiger partial charge < -0.3 is 15.6 Å². The third kappa shape index (κ3) is 5.93. The second-order valence-corrected chi connectivity index (χ2v) is 7.12. The van der Waals surface area contributed by atoms with Gasteiger partial charge in [-0.1, -0.05) is 11.2 Å². The smallest absolute Gasteiger partial charge is 0.240 e. The number of amides is 1. The van der Waals surface area contributed by atoms with Gasteiger partial charge in [-0.2, -0.15) is 4.98 Å². The molecule has 4 N–H and O–H groups in total. The molecule has 2 aromatic rings. The third-order valence-corrected chi connectivity index (χ3v) is 4.69. The first kappa shape index (κ1) is 19.0. The monoisotopic (exact) mass is 367 g/mol. The van der Waals surface area contributed by atoms with Gasteiger partial charge in [-0.25, -0.2) is 13.1 Å². The number of aromatic nitrogens is 2. The highest BCUT2D eigenvalue weighted by atomic mass is 32.2. The van der Waals surface area contributed by atoms with E-state index in [1.165, 1.54) is 12.1 Å². The Hall–Kier alpha value is -2.30. The molecule has 10 heteroatoms. The van der Waals surface area contributed by atoms with Gasteiger partial charge in [0.05, 0.1) is 4.90 Å². The highest BCUT2D eigenvalue weighted by Crippen LogP contribution is 2.16. The van der Waals surface area contributed by atoms with E-state index in [2.05, 4.69) is 20.2 Å². The molecule has 0 aliphatic carbocycles. The minimum Gasteiger partial charge on any atom is -0.339 e. The summed E-state index contributed by atoms with van der Waals surface area (Å²) >= 11 is 0. The zero-order valence-electron chi connectivity index (χ0n) is 13.9. The number of benzene rings is 1. The zero-order chi connectivity index (χ0) is 18.3. The van der Waals surface area contributed by atoms with Crippen molar-refractivity contribution in [2.24, 2.45) is 5.73 Å². The third-order valence-electron chi connectivity index (χ3n) is 3.23. The van der Waals surface area contributed by atoms with Gasteiger partial charge in [0, 0.05) is 31.6 Å². The Bertz CT molecular complexity index is 819. The summed E-state index contributed by atoms with van der Waals surface area (Å²) in [6.07, 6.45) is 1.30. The lowest BCUT2D eigenvalue weighted by atomic mass is 10.2. The summed E-state index contributed by atoms with van der Waals surface area (Å²) in [6, 6.07) is 6.04. The largest absolute Gasteiger partial charge is 0.339 e. The van der Waals surface area contributed by atoms with Gasteiger partial charge in [-0.3, -0.25) is 4.79 Å². The van der Waals surface area contributed by atoms with Crippen LogP contribution in [0.25, 0.3) is 0 Å². The van der Waals surface area contributed by atoms with E-state index in [1.54, 1.807) is 19.1 Å². The zero-order valence-corrected chi connectivity index (χ0v) is 14.7. The molecule has 1 aromatic heterocycles. The van der Waals surface area contributed by atoms with E-state index in [0.29, 0.717) is 30.2 Å². The van der Waals surface area contributed by atoms with Gasteiger partial charge in [0.1, 0.15) is 0 Å². The average molecular weight is 367 g/mol. The number of nitrogens with zero attached hydrogens (tertiary/aromatic N) is 2. The van der Waals surface area contributed by atoms with Crippen molar-refractivity contribution >= 4 is 21.6 Å². The van der Waals surface area contributed by atoms with Gasteiger partial charge in [-0.05, 0) is 31.5 Å². The van der Waals surface area contributed by atoms with E-state index >= 15 is 0 Å². The molecule has 0 bridgehead atoms. The van der Waals surface area contributed by atoms with E-state index in [-0.39, 0.29) is 30.3 Å². The van der Waals surface area contributed by atoms with Crippen LogP contribution in [0.5, 0.6) is 0 Å². The van der Waals surface area contributed by atoms with Crippen molar-refractivity contribution in [1.29, 1.82) is 0 Å². The van der Waals surface area contributed by atoms with Crippen LogP contribution in [0, 0.1) is 6.92 Å². The van der Waals surface area contributed by atoms with Crippen LogP contribution in [0.1, 0.15) is 24.6 Å². The van der Waals surface area contributed by atoms with E-state index in [4.69, 9.17) is 10.3 Å². The molecule has 1 aromatic carbocycles. The Morgan fingerprint density at radius 2 is 2.16 bits per heavy atom.